The standard InChI is InChI=1S/C13H12FN11O3/c14-8-4-2-1-3-7(8)5-17-18-9(26)6-25(13-11(16)21-28-23-13)24-19-12-10(15)20-27-22-12/h1-5H,6H2,(H2,15,20)(H2,16,21)(H,18,26)/b17-5-,24-19?. The first-order valence-corrected chi connectivity index (χ1v) is 7.46. The van der Waals surface area contributed by atoms with Crippen molar-refractivity contribution in [2.45, 2.75) is 0 Å². The summed E-state index contributed by atoms with van der Waals surface area (Å²) < 4.78 is 22.4. The molecule has 2 heterocycles. The monoisotopic (exact) mass is 389 g/mol. The van der Waals surface area contributed by atoms with Gasteiger partial charge in [-0.25, -0.2) is 24.1 Å². The molecule has 0 bridgehead atoms. The fourth-order valence-electron chi connectivity index (χ4n) is 1.80. The molecule has 1 aromatic carbocycles. The molecule has 0 aliphatic rings. The molecular weight excluding hydrogens is 377 g/mol. The molecule has 0 radical (unpaired) electrons. The minimum Gasteiger partial charge on any atom is -0.378 e. The van der Waals surface area contributed by atoms with E-state index in [1.165, 1.54) is 18.2 Å². The van der Waals surface area contributed by atoms with Crippen molar-refractivity contribution in [3.8, 4) is 0 Å². The van der Waals surface area contributed by atoms with Gasteiger partial charge >= 0.3 is 0 Å². The molecule has 14 nitrogen and oxygen atoms in total. The molecule has 0 aliphatic carbocycles. The lowest BCUT2D eigenvalue weighted by molar-refractivity contribution is -0.119. The Morgan fingerprint density at radius 3 is 2.61 bits per heavy atom. The van der Waals surface area contributed by atoms with Gasteiger partial charge in [0, 0.05) is 5.56 Å². The number of nitrogens with zero attached hydrogens (tertiary/aromatic N) is 8. The van der Waals surface area contributed by atoms with Gasteiger partial charge < -0.3 is 11.5 Å². The molecule has 0 saturated heterocycles. The highest BCUT2D eigenvalue weighted by Gasteiger charge is 2.19. The third kappa shape index (κ3) is 4.40. The molecule has 144 valence electrons. The smallest absolute Gasteiger partial charge is 0.263 e. The quantitative estimate of drug-likeness (QED) is 0.289. The first-order valence-electron chi connectivity index (χ1n) is 7.46. The molecule has 2 aromatic heterocycles. The van der Waals surface area contributed by atoms with Crippen molar-refractivity contribution in [3.05, 3.63) is 35.6 Å². The highest BCUT2D eigenvalue weighted by atomic mass is 19.1. The predicted octanol–water partition coefficient (Wildman–Crippen LogP) is 0.412. The second-order valence-electron chi connectivity index (χ2n) is 5.01. The minimum atomic E-state index is -0.653. The lowest BCUT2D eigenvalue weighted by Gasteiger charge is -2.12. The molecule has 0 atom stereocenters. The zero-order chi connectivity index (χ0) is 19.9. The minimum absolute atomic E-state index is 0.0907. The Hall–Kier alpha value is -4.43. The number of anilines is 3. The summed E-state index contributed by atoms with van der Waals surface area (Å²) in [4.78, 5) is 12.1. The summed E-state index contributed by atoms with van der Waals surface area (Å²) in [5.74, 6) is -1.62. The van der Waals surface area contributed by atoms with Crippen LogP contribution in [0.25, 0.3) is 0 Å². The number of nitrogen functional groups attached to an aromatic ring is 2. The molecular formula is C13H12FN11O3. The fourth-order valence-corrected chi connectivity index (χ4v) is 1.80. The average Bonchev–Trinajstić information content (AvgIpc) is 3.28. The molecule has 0 spiro atoms. The van der Waals surface area contributed by atoms with E-state index < -0.39 is 18.3 Å². The Morgan fingerprint density at radius 1 is 1.18 bits per heavy atom. The third-order valence-electron chi connectivity index (χ3n) is 3.07. The van der Waals surface area contributed by atoms with Gasteiger partial charge in [0.25, 0.3) is 11.7 Å². The lowest BCUT2D eigenvalue weighted by atomic mass is 10.2. The van der Waals surface area contributed by atoms with Crippen molar-refractivity contribution in [1.29, 1.82) is 0 Å². The largest absolute Gasteiger partial charge is 0.378 e. The SMILES string of the molecule is Nc1nonc1N=NN(CC(=O)N/N=C\c1ccccc1F)c1nonc1N. The molecule has 28 heavy (non-hydrogen) atoms. The summed E-state index contributed by atoms with van der Waals surface area (Å²) in [5.41, 5.74) is 13.5. The summed E-state index contributed by atoms with van der Waals surface area (Å²) in [5, 5.41) is 25.7. The molecule has 0 aliphatic heterocycles. The van der Waals surface area contributed by atoms with Crippen LogP contribution in [0, 0.1) is 5.82 Å². The van der Waals surface area contributed by atoms with Crippen molar-refractivity contribution in [1.82, 2.24) is 26.1 Å². The van der Waals surface area contributed by atoms with Crippen molar-refractivity contribution < 1.29 is 18.4 Å². The zero-order valence-corrected chi connectivity index (χ0v) is 13.9. The van der Waals surface area contributed by atoms with Crippen LogP contribution < -0.4 is 21.9 Å². The van der Waals surface area contributed by atoms with E-state index in [0.29, 0.717) is 0 Å². The fraction of sp³-hybridized carbons (Fsp3) is 0.0769. The van der Waals surface area contributed by atoms with E-state index in [-0.39, 0.29) is 28.8 Å². The lowest BCUT2D eigenvalue weighted by Crippen LogP contribution is -2.32. The third-order valence-corrected chi connectivity index (χ3v) is 3.07. The van der Waals surface area contributed by atoms with Gasteiger partial charge in [0.1, 0.15) is 12.4 Å². The van der Waals surface area contributed by atoms with E-state index in [1.807, 2.05) is 0 Å². The molecule has 15 heteroatoms. The van der Waals surface area contributed by atoms with Crippen LogP contribution in [0.2, 0.25) is 0 Å². The van der Waals surface area contributed by atoms with Crippen LogP contribution in [0.15, 0.2) is 49.0 Å². The van der Waals surface area contributed by atoms with Gasteiger partial charge in [-0.1, -0.05) is 23.4 Å². The zero-order valence-electron chi connectivity index (χ0n) is 13.9. The van der Waals surface area contributed by atoms with Gasteiger partial charge in [0.2, 0.25) is 17.5 Å². The maximum absolute atomic E-state index is 13.5. The number of carbonyl (C=O) groups excluding carboxylic acids is 1. The number of halogens is 1. The molecule has 5 N–H and O–H groups in total. The second-order valence-corrected chi connectivity index (χ2v) is 5.01. The number of hydrazone groups is 1. The number of rotatable bonds is 7. The number of nitrogens with two attached hydrogens (primary N) is 2. The topological polar surface area (TPSA) is 199 Å². The van der Waals surface area contributed by atoms with Gasteiger partial charge in [-0.05, 0) is 26.7 Å². The van der Waals surface area contributed by atoms with E-state index in [2.05, 4.69) is 50.7 Å². The Kier molecular flexibility index (Phi) is 5.44. The van der Waals surface area contributed by atoms with E-state index in [1.54, 1.807) is 6.07 Å². The molecule has 3 rings (SSSR count). The van der Waals surface area contributed by atoms with Crippen molar-refractivity contribution >= 4 is 35.4 Å². The van der Waals surface area contributed by atoms with Gasteiger partial charge in [0.15, 0.2) is 0 Å². The Bertz CT molecular complexity index is 1010. The van der Waals surface area contributed by atoms with E-state index in [0.717, 1.165) is 11.2 Å². The van der Waals surface area contributed by atoms with Crippen LogP contribution >= 0.6 is 0 Å². The molecule has 1 amide bonds. The molecule has 0 fully saturated rings. The second kappa shape index (κ2) is 8.30. The summed E-state index contributed by atoms with van der Waals surface area (Å²) in [7, 11) is 0. The van der Waals surface area contributed by atoms with Gasteiger partial charge in [-0.2, -0.15) is 5.10 Å². The number of benzene rings is 1. The van der Waals surface area contributed by atoms with E-state index in [4.69, 9.17) is 11.5 Å². The van der Waals surface area contributed by atoms with Crippen molar-refractivity contribution in [2.75, 3.05) is 23.0 Å². The first kappa shape index (κ1) is 18.4. The maximum atomic E-state index is 13.5. The summed E-state index contributed by atoms with van der Waals surface area (Å²) in [6.45, 7) is -0.443. The molecule has 0 saturated carbocycles. The Morgan fingerprint density at radius 2 is 1.93 bits per heavy atom. The van der Waals surface area contributed by atoms with Gasteiger partial charge in [-0.15, -0.1) is 5.11 Å². The number of aromatic nitrogens is 4. The van der Waals surface area contributed by atoms with E-state index >= 15 is 0 Å². The van der Waals surface area contributed by atoms with E-state index in [9.17, 15) is 9.18 Å². The molecule has 0 unspecified atom stereocenters. The Balaban J connectivity index is 1.69. The highest BCUT2D eigenvalue weighted by Crippen LogP contribution is 2.21. The maximum Gasteiger partial charge on any atom is 0.263 e. The van der Waals surface area contributed by atoms with Crippen molar-refractivity contribution in [3.63, 3.8) is 0 Å². The summed E-state index contributed by atoms with van der Waals surface area (Å²) in [6.07, 6.45) is 1.15. The molecule has 3 aromatic rings. The summed E-state index contributed by atoms with van der Waals surface area (Å²) >= 11 is 0. The van der Waals surface area contributed by atoms with Crippen molar-refractivity contribution in [2.24, 2.45) is 15.4 Å². The Labute approximate surface area is 155 Å². The van der Waals surface area contributed by atoms with Crippen LogP contribution in [0.5, 0.6) is 0 Å². The number of carbonyl (C=O) groups is 1. The summed E-state index contributed by atoms with van der Waals surface area (Å²) in [6, 6.07) is 5.90. The van der Waals surface area contributed by atoms with Crippen LogP contribution in [0.4, 0.5) is 27.7 Å². The van der Waals surface area contributed by atoms with Crippen LogP contribution in [-0.4, -0.2) is 39.3 Å². The normalized spacial score (nSPS) is 11.3. The van der Waals surface area contributed by atoms with Gasteiger partial charge in [-0.3, -0.25) is 4.79 Å². The number of hydrogen-bond donors (Lipinski definition) is 3. The first-order chi connectivity index (χ1) is 13.5. The number of amides is 1. The predicted molar refractivity (Wildman–Crippen MR) is 91.4 cm³/mol. The number of nitrogens with one attached hydrogen (secondary N) is 1. The number of hydrogen-bond acceptors (Lipinski definition) is 12. The highest BCUT2D eigenvalue weighted by molar-refractivity contribution is 5.84. The average molecular weight is 389 g/mol. The van der Waals surface area contributed by atoms with Crippen LogP contribution in [-0.2, 0) is 4.79 Å². The van der Waals surface area contributed by atoms with Crippen LogP contribution in [0.1, 0.15) is 5.56 Å². The van der Waals surface area contributed by atoms with Crippen LogP contribution in [0.3, 0.4) is 0 Å². The van der Waals surface area contributed by atoms with Gasteiger partial charge in [0.05, 0.1) is 6.21 Å².